The molecule has 0 atom stereocenters. The highest BCUT2D eigenvalue weighted by atomic mass is 32.2. The molecule has 0 aliphatic carbocycles. The normalized spacial score (nSPS) is 14.6. The van der Waals surface area contributed by atoms with E-state index in [0.717, 1.165) is 15.9 Å². The van der Waals surface area contributed by atoms with Crippen LogP contribution in [0.1, 0.15) is 5.56 Å². The molecule has 0 radical (unpaired) electrons. The zero-order valence-corrected chi connectivity index (χ0v) is 17.1. The number of amides is 2. The lowest BCUT2D eigenvalue weighted by Gasteiger charge is -2.26. The average molecular weight is 425 g/mol. The van der Waals surface area contributed by atoms with Crippen molar-refractivity contribution in [3.8, 4) is 0 Å². The van der Waals surface area contributed by atoms with Crippen molar-refractivity contribution in [1.82, 2.24) is 9.21 Å². The van der Waals surface area contributed by atoms with Gasteiger partial charge < -0.3 is 10.2 Å². The van der Waals surface area contributed by atoms with Gasteiger partial charge in [0.2, 0.25) is 10.0 Å². The Morgan fingerprint density at radius 3 is 2.39 bits per heavy atom. The van der Waals surface area contributed by atoms with E-state index in [1.807, 2.05) is 0 Å². The Labute approximate surface area is 164 Å². The molecule has 2 aromatic carbocycles. The quantitative estimate of drug-likeness (QED) is 0.758. The van der Waals surface area contributed by atoms with Crippen LogP contribution in [0.2, 0.25) is 0 Å². The number of carbonyl (C=O) groups is 1. The third kappa shape index (κ3) is 3.81. The van der Waals surface area contributed by atoms with Crippen LogP contribution in [-0.2, 0) is 26.6 Å². The molecule has 0 aromatic heterocycles. The lowest BCUT2D eigenvalue weighted by atomic mass is 10.1. The predicted octanol–water partition coefficient (Wildman–Crippen LogP) is 1.71. The molecule has 1 aliphatic rings. The summed E-state index contributed by atoms with van der Waals surface area (Å²) in [5.74, 6) is 0. The summed E-state index contributed by atoms with van der Waals surface area (Å²) in [6, 6.07) is 9.69. The second-order valence-corrected chi connectivity index (χ2v) is 10.4. The van der Waals surface area contributed by atoms with E-state index < -0.39 is 20.0 Å². The van der Waals surface area contributed by atoms with Crippen molar-refractivity contribution in [3.05, 3.63) is 48.0 Å². The van der Waals surface area contributed by atoms with Crippen LogP contribution in [0.5, 0.6) is 0 Å². The minimum Gasteiger partial charge on any atom is -0.323 e. The fourth-order valence-corrected chi connectivity index (χ4v) is 4.79. The van der Waals surface area contributed by atoms with E-state index in [1.165, 1.54) is 43.3 Å². The molecule has 11 heteroatoms. The Bertz CT molecular complexity index is 1140. The molecule has 0 spiro atoms. The van der Waals surface area contributed by atoms with Gasteiger partial charge >= 0.3 is 6.03 Å². The Morgan fingerprint density at radius 1 is 1.04 bits per heavy atom. The molecule has 2 amide bonds. The molecule has 0 bridgehead atoms. The summed E-state index contributed by atoms with van der Waals surface area (Å²) in [6.45, 7) is 0.341. The molecule has 150 valence electrons. The SMILES string of the molecule is CN1Cc2cc(NS(=O)(=O)c3cccc(S(=O)(=O)N(C)C)c3)ccc2NC1=O. The Morgan fingerprint density at radius 2 is 1.71 bits per heavy atom. The molecule has 0 saturated carbocycles. The topological polar surface area (TPSA) is 116 Å². The van der Waals surface area contributed by atoms with Crippen molar-refractivity contribution in [3.63, 3.8) is 0 Å². The number of rotatable bonds is 5. The second kappa shape index (κ2) is 7.08. The van der Waals surface area contributed by atoms with E-state index in [-0.39, 0.29) is 15.8 Å². The van der Waals surface area contributed by atoms with Crippen LogP contribution < -0.4 is 10.0 Å². The van der Waals surface area contributed by atoms with Gasteiger partial charge in [-0.2, -0.15) is 0 Å². The summed E-state index contributed by atoms with van der Waals surface area (Å²) in [7, 11) is -3.39. The van der Waals surface area contributed by atoms with Gasteiger partial charge in [-0.05, 0) is 42.0 Å². The van der Waals surface area contributed by atoms with Crippen molar-refractivity contribution in [2.24, 2.45) is 0 Å². The van der Waals surface area contributed by atoms with Crippen molar-refractivity contribution in [2.45, 2.75) is 16.3 Å². The fourth-order valence-electron chi connectivity index (χ4n) is 2.67. The van der Waals surface area contributed by atoms with E-state index in [9.17, 15) is 21.6 Å². The molecule has 2 aromatic rings. The van der Waals surface area contributed by atoms with Gasteiger partial charge in [-0.3, -0.25) is 4.72 Å². The van der Waals surface area contributed by atoms with E-state index in [4.69, 9.17) is 0 Å². The maximum atomic E-state index is 12.7. The fraction of sp³-hybridized carbons (Fsp3) is 0.235. The van der Waals surface area contributed by atoms with E-state index in [1.54, 1.807) is 19.2 Å². The highest BCUT2D eigenvalue weighted by molar-refractivity contribution is 7.93. The van der Waals surface area contributed by atoms with Crippen LogP contribution in [-0.4, -0.2) is 53.2 Å². The monoisotopic (exact) mass is 424 g/mol. The minimum absolute atomic E-state index is 0.116. The van der Waals surface area contributed by atoms with Crippen LogP contribution in [0.4, 0.5) is 16.2 Å². The Balaban J connectivity index is 1.91. The standard InChI is InChI=1S/C17H20N4O5S2/c1-20(2)28(25,26)15-6-4-5-14(10-15)27(23,24)19-13-7-8-16-12(9-13)11-21(3)17(22)18-16/h4-10,19H,11H2,1-3H3,(H,18,22). The van der Waals surface area contributed by atoms with Gasteiger partial charge in [-0.25, -0.2) is 25.9 Å². The first-order chi connectivity index (χ1) is 13.0. The van der Waals surface area contributed by atoms with Crippen molar-refractivity contribution >= 4 is 37.5 Å². The first kappa shape index (κ1) is 20.1. The lowest BCUT2D eigenvalue weighted by Crippen LogP contribution is -2.35. The third-order valence-corrected chi connectivity index (χ3v) is 7.44. The summed E-state index contributed by atoms with van der Waals surface area (Å²) in [6.07, 6.45) is 0. The average Bonchev–Trinajstić information content (AvgIpc) is 2.62. The maximum absolute atomic E-state index is 12.7. The van der Waals surface area contributed by atoms with Crippen molar-refractivity contribution < 1.29 is 21.6 Å². The molecule has 2 N–H and O–H groups in total. The van der Waals surface area contributed by atoms with Gasteiger partial charge in [0.05, 0.1) is 9.79 Å². The summed E-state index contributed by atoms with van der Waals surface area (Å²) in [5.41, 5.74) is 1.68. The molecule has 1 aliphatic heterocycles. The summed E-state index contributed by atoms with van der Waals surface area (Å²) in [5, 5.41) is 2.70. The number of nitrogens with one attached hydrogen (secondary N) is 2. The molecule has 0 fully saturated rings. The van der Waals surface area contributed by atoms with Gasteiger partial charge in [-0.15, -0.1) is 0 Å². The number of hydrogen-bond donors (Lipinski definition) is 2. The second-order valence-electron chi connectivity index (χ2n) is 6.53. The van der Waals surface area contributed by atoms with E-state index >= 15 is 0 Å². The van der Waals surface area contributed by atoms with Gasteiger partial charge in [0.25, 0.3) is 10.0 Å². The molecule has 1 heterocycles. The zero-order chi connectivity index (χ0) is 20.7. The number of nitrogens with zero attached hydrogens (tertiary/aromatic N) is 2. The number of hydrogen-bond acceptors (Lipinski definition) is 5. The van der Waals surface area contributed by atoms with Crippen LogP contribution in [0.15, 0.2) is 52.3 Å². The van der Waals surface area contributed by atoms with Gasteiger partial charge in [0.1, 0.15) is 0 Å². The first-order valence-electron chi connectivity index (χ1n) is 8.21. The minimum atomic E-state index is -4.01. The van der Waals surface area contributed by atoms with Crippen molar-refractivity contribution in [1.29, 1.82) is 0 Å². The maximum Gasteiger partial charge on any atom is 0.321 e. The summed E-state index contributed by atoms with van der Waals surface area (Å²) >= 11 is 0. The number of urea groups is 1. The van der Waals surface area contributed by atoms with Crippen LogP contribution >= 0.6 is 0 Å². The molecule has 0 unspecified atom stereocenters. The highest BCUT2D eigenvalue weighted by Gasteiger charge is 2.23. The van der Waals surface area contributed by atoms with Gasteiger partial charge in [0.15, 0.2) is 0 Å². The summed E-state index contributed by atoms with van der Waals surface area (Å²) < 4.78 is 53.5. The Kier molecular flexibility index (Phi) is 5.08. The third-order valence-electron chi connectivity index (χ3n) is 4.25. The Hall–Kier alpha value is -2.63. The van der Waals surface area contributed by atoms with Crippen LogP contribution in [0, 0.1) is 0 Å². The zero-order valence-electron chi connectivity index (χ0n) is 15.5. The number of fused-ring (bicyclic) bond motifs is 1. The number of carbonyl (C=O) groups excluding carboxylic acids is 1. The molecular weight excluding hydrogens is 404 g/mol. The largest absolute Gasteiger partial charge is 0.323 e. The van der Waals surface area contributed by atoms with Crippen molar-refractivity contribution in [2.75, 3.05) is 31.2 Å². The molecule has 9 nitrogen and oxygen atoms in total. The first-order valence-corrected chi connectivity index (χ1v) is 11.1. The smallest absolute Gasteiger partial charge is 0.321 e. The van der Waals surface area contributed by atoms with Gasteiger partial charge in [-0.1, -0.05) is 6.07 Å². The molecule has 28 heavy (non-hydrogen) atoms. The number of anilines is 2. The molecular formula is C17H20N4O5S2. The van der Waals surface area contributed by atoms with E-state index in [0.29, 0.717) is 17.9 Å². The van der Waals surface area contributed by atoms with E-state index in [2.05, 4.69) is 10.0 Å². The predicted molar refractivity (Wildman–Crippen MR) is 105 cm³/mol. The van der Waals surface area contributed by atoms with Gasteiger partial charge in [0, 0.05) is 39.1 Å². The molecule has 0 saturated heterocycles. The number of sulfonamides is 2. The number of benzene rings is 2. The summed E-state index contributed by atoms with van der Waals surface area (Å²) in [4.78, 5) is 12.9. The highest BCUT2D eigenvalue weighted by Crippen LogP contribution is 2.27. The van der Waals surface area contributed by atoms with Crippen LogP contribution in [0.3, 0.4) is 0 Å². The lowest BCUT2D eigenvalue weighted by molar-refractivity contribution is 0.218. The molecule has 3 rings (SSSR count). The van der Waals surface area contributed by atoms with Crippen LogP contribution in [0.25, 0.3) is 0 Å².